The van der Waals surface area contributed by atoms with Crippen molar-refractivity contribution in [3.05, 3.63) is 71.9 Å². The second-order valence-electron chi connectivity index (χ2n) is 8.87. The number of hydrogen-bond acceptors (Lipinski definition) is 5. The predicted molar refractivity (Wildman–Crippen MR) is 144 cm³/mol. The van der Waals surface area contributed by atoms with Gasteiger partial charge in [-0.3, -0.25) is 9.20 Å². The number of rotatable bonds is 8. The second-order valence-corrected chi connectivity index (χ2v) is 8.87. The van der Waals surface area contributed by atoms with Crippen molar-refractivity contribution in [2.24, 2.45) is 0 Å². The fourth-order valence-electron chi connectivity index (χ4n) is 3.86. The zero-order valence-electron chi connectivity index (χ0n) is 22.1. The van der Waals surface area contributed by atoms with Gasteiger partial charge in [0.15, 0.2) is 5.78 Å². The van der Waals surface area contributed by atoms with Crippen LogP contribution in [0.1, 0.15) is 42.6 Å². The molecule has 0 spiro atoms. The summed E-state index contributed by atoms with van der Waals surface area (Å²) in [6, 6.07) is 18.0. The quantitative estimate of drug-likeness (QED) is 0.184. The summed E-state index contributed by atoms with van der Waals surface area (Å²) in [5.41, 5.74) is 6.68. The molecule has 0 aliphatic heterocycles. The fraction of sp³-hybridized carbons (Fsp3) is 0.276. The molecule has 0 amide bonds. The molecule has 0 atom stereocenters. The third-order valence-electron chi connectivity index (χ3n) is 5.92. The summed E-state index contributed by atoms with van der Waals surface area (Å²) in [7, 11) is 1.68. The van der Waals surface area contributed by atoms with Crippen LogP contribution in [0, 0.1) is 6.92 Å². The smallest absolute Gasteiger partial charge is 0.490 e. The van der Waals surface area contributed by atoms with E-state index in [-0.39, 0.29) is 5.78 Å². The van der Waals surface area contributed by atoms with Gasteiger partial charge in [0.1, 0.15) is 22.9 Å². The number of ether oxygens (including phenoxy) is 1. The van der Waals surface area contributed by atoms with Crippen molar-refractivity contribution in [3.8, 4) is 28.1 Å². The minimum absolute atomic E-state index is 0.0593. The molecule has 0 bridgehead atoms. The third kappa shape index (κ3) is 7.16. The lowest BCUT2D eigenvalue weighted by atomic mass is 9.99. The number of carbonyl (C=O) groups excluding carboxylic acids is 1. The number of fused-ring (bicyclic) bond motifs is 1. The SMILES string of the molecule is CCCCNc1c(-c2ccc(-c3ccc(C(C)=O)cc3)c(OC)c2)nc2cc(C)ccn12.O=C(O)C(F)(F)F. The molecule has 0 aliphatic rings. The molecule has 4 aromatic rings. The molecule has 10 heteroatoms. The molecular formula is C29H30F3N3O4. The van der Waals surface area contributed by atoms with Gasteiger partial charge in [-0.1, -0.05) is 43.7 Å². The van der Waals surface area contributed by atoms with Gasteiger partial charge in [-0.25, -0.2) is 9.78 Å². The van der Waals surface area contributed by atoms with Crippen LogP contribution in [0.25, 0.3) is 28.0 Å². The summed E-state index contributed by atoms with van der Waals surface area (Å²) < 4.78 is 39.6. The van der Waals surface area contributed by atoms with Crippen LogP contribution < -0.4 is 10.1 Å². The second kappa shape index (κ2) is 12.5. The number of alkyl halides is 3. The molecule has 206 valence electrons. The highest BCUT2D eigenvalue weighted by Gasteiger charge is 2.38. The summed E-state index contributed by atoms with van der Waals surface area (Å²) in [4.78, 5) is 25.4. The standard InChI is InChI=1S/C27H29N3O2.C2HF3O2/c1-5-6-14-28-27-26(29-25-16-18(2)13-15-30(25)27)22-11-12-23(24(17-22)32-4)21-9-7-20(8-10-21)19(3)31;3-2(4,5)1(6)7/h7-13,15-17,28H,5-6,14H2,1-4H3;(H,6,7). The number of methoxy groups -OCH3 is 1. The molecule has 7 nitrogen and oxygen atoms in total. The molecule has 2 N–H and O–H groups in total. The monoisotopic (exact) mass is 541 g/mol. The molecule has 2 heterocycles. The van der Waals surface area contributed by atoms with Crippen LogP contribution in [0.4, 0.5) is 19.0 Å². The number of aryl methyl sites for hydroxylation is 1. The summed E-state index contributed by atoms with van der Waals surface area (Å²) in [6.07, 6.45) is -0.794. The highest BCUT2D eigenvalue weighted by atomic mass is 19.4. The number of hydrogen-bond donors (Lipinski definition) is 2. The Morgan fingerprint density at radius 1 is 1.05 bits per heavy atom. The molecule has 0 unspecified atom stereocenters. The first-order chi connectivity index (χ1) is 18.5. The van der Waals surface area contributed by atoms with Gasteiger partial charge in [-0.2, -0.15) is 13.2 Å². The largest absolute Gasteiger partial charge is 0.496 e. The van der Waals surface area contributed by atoms with E-state index in [1.807, 2.05) is 30.3 Å². The summed E-state index contributed by atoms with van der Waals surface area (Å²) in [6.45, 7) is 6.73. The zero-order valence-corrected chi connectivity index (χ0v) is 22.1. The van der Waals surface area contributed by atoms with Gasteiger partial charge >= 0.3 is 12.1 Å². The normalized spacial score (nSPS) is 11.1. The number of Topliss-reactive ketones (excluding diaryl/α,β-unsaturated/α-hetero) is 1. The van der Waals surface area contributed by atoms with Crippen LogP contribution >= 0.6 is 0 Å². The van der Waals surface area contributed by atoms with E-state index in [4.69, 9.17) is 19.6 Å². The maximum absolute atomic E-state index is 11.6. The molecule has 0 radical (unpaired) electrons. The van der Waals surface area contributed by atoms with Gasteiger partial charge in [0.05, 0.1) is 7.11 Å². The number of nitrogens with zero attached hydrogens (tertiary/aromatic N) is 2. The van der Waals surface area contributed by atoms with E-state index in [0.29, 0.717) is 5.56 Å². The number of carbonyl (C=O) groups is 2. The summed E-state index contributed by atoms with van der Waals surface area (Å²) >= 11 is 0. The highest BCUT2D eigenvalue weighted by molar-refractivity contribution is 5.94. The lowest BCUT2D eigenvalue weighted by Gasteiger charge is -2.12. The highest BCUT2D eigenvalue weighted by Crippen LogP contribution is 2.37. The number of carboxylic acids is 1. The predicted octanol–water partition coefficient (Wildman–Crippen LogP) is 7.03. The molecular weight excluding hydrogens is 511 g/mol. The number of halogens is 3. The minimum Gasteiger partial charge on any atom is -0.496 e. The molecule has 2 aromatic heterocycles. The maximum Gasteiger partial charge on any atom is 0.490 e. The Morgan fingerprint density at radius 2 is 1.69 bits per heavy atom. The average Bonchev–Trinajstić information content (AvgIpc) is 3.25. The molecule has 0 fully saturated rings. The third-order valence-corrected chi connectivity index (χ3v) is 5.92. The Balaban J connectivity index is 0.000000532. The number of imidazole rings is 1. The van der Waals surface area contributed by atoms with E-state index in [1.165, 1.54) is 5.56 Å². The molecule has 39 heavy (non-hydrogen) atoms. The van der Waals surface area contributed by atoms with Gasteiger partial charge in [0.25, 0.3) is 0 Å². The Kier molecular flexibility index (Phi) is 9.34. The van der Waals surface area contributed by atoms with E-state index in [0.717, 1.165) is 59.0 Å². The Morgan fingerprint density at radius 3 is 2.26 bits per heavy atom. The number of aromatic nitrogens is 2. The number of ketones is 1. The first kappa shape index (κ1) is 29.2. The Hall–Kier alpha value is -4.34. The first-order valence-corrected chi connectivity index (χ1v) is 12.3. The van der Waals surface area contributed by atoms with Crippen molar-refractivity contribution in [3.63, 3.8) is 0 Å². The minimum atomic E-state index is -5.08. The van der Waals surface area contributed by atoms with E-state index in [1.54, 1.807) is 14.0 Å². The van der Waals surface area contributed by atoms with Crippen LogP contribution in [0.15, 0.2) is 60.8 Å². The lowest BCUT2D eigenvalue weighted by Crippen LogP contribution is -2.21. The van der Waals surface area contributed by atoms with Gasteiger partial charge in [-0.15, -0.1) is 0 Å². The van der Waals surface area contributed by atoms with Crippen molar-refractivity contribution in [1.29, 1.82) is 0 Å². The summed E-state index contributed by atoms with van der Waals surface area (Å²) in [5, 5.41) is 10.7. The number of unbranched alkanes of at least 4 members (excludes halogenated alkanes) is 1. The van der Waals surface area contributed by atoms with Crippen molar-refractivity contribution in [2.75, 3.05) is 19.0 Å². The molecule has 2 aromatic carbocycles. The van der Waals surface area contributed by atoms with Gasteiger partial charge in [-0.05, 0) is 55.7 Å². The number of aliphatic carboxylic acids is 1. The number of nitrogens with one attached hydrogen (secondary N) is 1. The topological polar surface area (TPSA) is 92.9 Å². The van der Waals surface area contributed by atoms with E-state index in [2.05, 4.69) is 54.0 Å². The summed E-state index contributed by atoms with van der Waals surface area (Å²) in [5.74, 6) is -0.934. The Labute approximate surface area is 224 Å². The Bertz CT molecular complexity index is 1460. The molecule has 0 saturated carbocycles. The lowest BCUT2D eigenvalue weighted by molar-refractivity contribution is -0.192. The van der Waals surface area contributed by atoms with Crippen molar-refractivity contribution in [2.45, 2.75) is 39.8 Å². The molecule has 0 aliphatic carbocycles. The van der Waals surface area contributed by atoms with Crippen LogP contribution in [-0.4, -0.2) is 46.1 Å². The fourth-order valence-corrected chi connectivity index (χ4v) is 3.86. The van der Waals surface area contributed by atoms with Crippen molar-refractivity contribution >= 4 is 23.2 Å². The first-order valence-electron chi connectivity index (χ1n) is 12.3. The van der Waals surface area contributed by atoms with Crippen LogP contribution in [0.5, 0.6) is 5.75 Å². The zero-order chi connectivity index (χ0) is 28.7. The van der Waals surface area contributed by atoms with E-state index < -0.39 is 12.1 Å². The van der Waals surface area contributed by atoms with Crippen molar-refractivity contribution in [1.82, 2.24) is 9.38 Å². The number of pyridine rings is 1. The van der Waals surface area contributed by atoms with Crippen LogP contribution in [-0.2, 0) is 4.79 Å². The number of anilines is 1. The van der Waals surface area contributed by atoms with Crippen molar-refractivity contribution < 1.29 is 32.6 Å². The van der Waals surface area contributed by atoms with Gasteiger partial charge < -0.3 is 15.2 Å². The van der Waals surface area contributed by atoms with Gasteiger partial charge in [0, 0.05) is 29.4 Å². The average molecular weight is 542 g/mol. The molecule has 4 rings (SSSR count). The van der Waals surface area contributed by atoms with E-state index >= 15 is 0 Å². The van der Waals surface area contributed by atoms with Crippen LogP contribution in [0.2, 0.25) is 0 Å². The van der Waals surface area contributed by atoms with Gasteiger partial charge in [0.2, 0.25) is 0 Å². The number of benzene rings is 2. The van der Waals surface area contributed by atoms with E-state index in [9.17, 15) is 18.0 Å². The van der Waals surface area contributed by atoms with Crippen LogP contribution in [0.3, 0.4) is 0 Å². The number of carboxylic acid groups (broad SMARTS) is 1. The maximum atomic E-state index is 11.6. The molecule has 0 saturated heterocycles.